The molecule has 2 heterocycles. The van der Waals surface area contributed by atoms with Gasteiger partial charge in [0.05, 0.1) is 7.11 Å². The Hall–Kier alpha value is -1.99. The number of hydrogen-bond acceptors (Lipinski definition) is 6. The molecule has 0 amide bonds. The summed E-state index contributed by atoms with van der Waals surface area (Å²) in [4.78, 5) is 4.42. The minimum absolute atomic E-state index is 0.136. The third-order valence-electron chi connectivity index (χ3n) is 3.92. The van der Waals surface area contributed by atoms with Gasteiger partial charge in [-0.3, -0.25) is 0 Å². The molecule has 22 heavy (non-hydrogen) atoms. The van der Waals surface area contributed by atoms with Gasteiger partial charge in [0.15, 0.2) is 17.2 Å². The first kappa shape index (κ1) is 14.9. The van der Waals surface area contributed by atoms with Crippen LogP contribution in [0.25, 0.3) is 11.4 Å². The predicted octanol–water partition coefficient (Wildman–Crippen LogP) is 2.54. The van der Waals surface area contributed by atoms with Gasteiger partial charge in [0, 0.05) is 38.7 Å². The largest absolute Gasteiger partial charge is 0.494 e. The molecule has 0 N–H and O–H groups in total. The topological polar surface area (TPSA) is 66.6 Å². The third-order valence-corrected chi connectivity index (χ3v) is 3.92. The van der Waals surface area contributed by atoms with Gasteiger partial charge in [0.25, 0.3) is 5.89 Å². The first-order chi connectivity index (χ1) is 10.7. The molecule has 118 valence electrons. The van der Waals surface area contributed by atoms with Gasteiger partial charge in [-0.1, -0.05) is 5.16 Å². The van der Waals surface area contributed by atoms with Crippen molar-refractivity contribution in [3.63, 3.8) is 0 Å². The van der Waals surface area contributed by atoms with Crippen LogP contribution >= 0.6 is 0 Å². The monoisotopic (exact) mass is 308 g/mol. The third kappa shape index (κ3) is 2.57. The summed E-state index contributed by atoms with van der Waals surface area (Å²) in [6.45, 7) is 1.16. The van der Waals surface area contributed by atoms with Crippen molar-refractivity contribution in [2.75, 3.05) is 27.4 Å². The maximum Gasteiger partial charge on any atom is 0.259 e. The fraction of sp³-hybridized carbons (Fsp3) is 0.467. The Labute approximate surface area is 127 Å². The van der Waals surface area contributed by atoms with Crippen LogP contribution in [0.4, 0.5) is 4.39 Å². The maximum atomic E-state index is 13.5. The Morgan fingerprint density at radius 1 is 1.23 bits per heavy atom. The summed E-state index contributed by atoms with van der Waals surface area (Å²) in [6, 6.07) is 4.42. The van der Waals surface area contributed by atoms with E-state index in [0.717, 1.165) is 0 Å². The van der Waals surface area contributed by atoms with E-state index in [1.807, 2.05) is 0 Å². The molecule has 1 fully saturated rings. The van der Waals surface area contributed by atoms with E-state index in [-0.39, 0.29) is 5.75 Å². The van der Waals surface area contributed by atoms with E-state index in [0.29, 0.717) is 43.3 Å². The SMILES string of the molecule is COc1cc(-c2noc(C3(OC)CCOCC3)n2)ccc1F. The number of halogens is 1. The maximum absolute atomic E-state index is 13.5. The lowest BCUT2D eigenvalue weighted by Crippen LogP contribution is -2.35. The minimum atomic E-state index is -0.617. The molecule has 0 aliphatic carbocycles. The lowest BCUT2D eigenvalue weighted by atomic mass is 9.94. The summed E-state index contributed by atoms with van der Waals surface area (Å²) in [5.41, 5.74) is -0.000256. The zero-order valence-corrected chi connectivity index (χ0v) is 12.5. The van der Waals surface area contributed by atoms with E-state index >= 15 is 0 Å². The first-order valence-electron chi connectivity index (χ1n) is 6.99. The van der Waals surface area contributed by atoms with E-state index in [1.165, 1.54) is 19.2 Å². The molecule has 0 unspecified atom stereocenters. The Balaban J connectivity index is 1.93. The molecule has 0 radical (unpaired) electrons. The van der Waals surface area contributed by atoms with Crippen LogP contribution in [0, 0.1) is 5.82 Å². The van der Waals surface area contributed by atoms with Gasteiger partial charge >= 0.3 is 0 Å². The highest BCUT2D eigenvalue weighted by Crippen LogP contribution is 2.35. The average Bonchev–Trinajstić information content (AvgIpc) is 3.06. The molecule has 0 spiro atoms. The minimum Gasteiger partial charge on any atom is -0.494 e. The first-order valence-corrected chi connectivity index (χ1v) is 6.99. The second-order valence-corrected chi connectivity index (χ2v) is 5.08. The Bertz CT molecular complexity index is 653. The number of rotatable bonds is 4. The summed E-state index contributed by atoms with van der Waals surface area (Å²) >= 11 is 0. The van der Waals surface area contributed by atoms with Crippen LogP contribution in [0.3, 0.4) is 0 Å². The number of ether oxygens (including phenoxy) is 3. The highest BCUT2D eigenvalue weighted by molar-refractivity contribution is 5.57. The van der Waals surface area contributed by atoms with Crippen molar-refractivity contribution in [1.82, 2.24) is 10.1 Å². The molecule has 0 atom stereocenters. The summed E-state index contributed by atoms with van der Waals surface area (Å²) in [5, 5.41) is 3.97. The number of hydrogen-bond donors (Lipinski definition) is 0. The molecule has 6 nitrogen and oxygen atoms in total. The highest BCUT2D eigenvalue weighted by atomic mass is 19.1. The number of methoxy groups -OCH3 is 2. The lowest BCUT2D eigenvalue weighted by Gasteiger charge is -2.32. The number of nitrogens with zero attached hydrogens (tertiary/aromatic N) is 2. The summed E-state index contributed by atoms with van der Waals surface area (Å²) < 4.78 is 34.8. The molecule has 1 aliphatic heterocycles. The van der Waals surface area contributed by atoms with Crippen LogP contribution in [0.5, 0.6) is 5.75 Å². The van der Waals surface area contributed by atoms with Crippen molar-refractivity contribution >= 4 is 0 Å². The molecule has 1 aromatic carbocycles. The van der Waals surface area contributed by atoms with Crippen molar-refractivity contribution in [1.29, 1.82) is 0 Å². The van der Waals surface area contributed by atoms with Gasteiger partial charge < -0.3 is 18.7 Å². The molecule has 3 rings (SSSR count). The predicted molar refractivity (Wildman–Crippen MR) is 75.0 cm³/mol. The van der Waals surface area contributed by atoms with Crippen molar-refractivity contribution in [2.24, 2.45) is 0 Å². The average molecular weight is 308 g/mol. The van der Waals surface area contributed by atoms with Crippen LogP contribution in [-0.4, -0.2) is 37.6 Å². The molecule has 0 saturated carbocycles. The Morgan fingerprint density at radius 2 is 2.00 bits per heavy atom. The van der Waals surface area contributed by atoms with E-state index in [9.17, 15) is 4.39 Å². The number of aromatic nitrogens is 2. The van der Waals surface area contributed by atoms with Crippen LogP contribution in [0.15, 0.2) is 22.7 Å². The van der Waals surface area contributed by atoms with Gasteiger partial charge in [0.2, 0.25) is 5.82 Å². The van der Waals surface area contributed by atoms with Gasteiger partial charge in [-0.05, 0) is 18.2 Å². The van der Waals surface area contributed by atoms with Crippen LogP contribution < -0.4 is 4.74 Å². The molecule has 1 saturated heterocycles. The van der Waals surface area contributed by atoms with Crippen LogP contribution in [0.1, 0.15) is 18.7 Å². The molecule has 2 aromatic rings. The second kappa shape index (κ2) is 6.02. The fourth-order valence-corrected chi connectivity index (χ4v) is 2.53. The summed E-state index contributed by atoms with van der Waals surface area (Å²) in [6.07, 6.45) is 1.30. The van der Waals surface area contributed by atoms with Gasteiger partial charge in [0.1, 0.15) is 0 Å². The normalized spacial score (nSPS) is 17.4. The number of benzene rings is 1. The lowest BCUT2D eigenvalue weighted by molar-refractivity contribution is -0.111. The second-order valence-electron chi connectivity index (χ2n) is 5.08. The van der Waals surface area contributed by atoms with Crippen molar-refractivity contribution in [3.05, 3.63) is 29.9 Å². The quantitative estimate of drug-likeness (QED) is 0.864. The molecule has 7 heteroatoms. The van der Waals surface area contributed by atoms with E-state index in [2.05, 4.69) is 10.1 Å². The zero-order valence-electron chi connectivity index (χ0n) is 12.5. The van der Waals surface area contributed by atoms with E-state index in [4.69, 9.17) is 18.7 Å². The Kier molecular flexibility index (Phi) is 4.08. The van der Waals surface area contributed by atoms with Crippen LogP contribution in [0.2, 0.25) is 0 Å². The summed E-state index contributed by atoms with van der Waals surface area (Å²) in [7, 11) is 3.03. The highest BCUT2D eigenvalue weighted by Gasteiger charge is 2.40. The molecule has 1 aromatic heterocycles. The van der Waals surface area contributed by atoms with Gasteiger partial charge in [-0.25, -0.2) is 4.39 Å². The van der Waals surface area contributed by atoms with E-state index < -0.39 is 11.4 Å². The molecule has 0 bridgehead atoms. The molecule has 1 aliphatic rings. The fourth-order valence-electron chi connectivity index (χ4n) is 2.53. The Morgan fingerprint density at radius 3 is 2.68 bits per heavy atom. The van der Waals surface area contributed by atoms with Crippen molar-refractivity contribution < 1.29 is 23.1 Å². The van der Waals surface area contributed by atoms with Crippen molar-refractivity contribution in [2.45, 2.75) is 18.4 Å². The van der Waals surface area contributed by atoms with Crippen LogP contribution in [-0.2, 0) is 15.1 Å². The van der Waals surface area contributed by atoms with Gasteiger partial charge in [-0.15, -0.1) is 0 Å². The molecular formula is C15H17FN2O4. The summed E-state index contributed by atoms with van der Waals surface area (Å²) in [5.74, 6) is 0.483. The standard InChI is InChI=1S/C15H17FN2O4/c1-19-12-9-10(3-4-11(12)16)13-17-14(22-18-13)15(20-2)5-7-21-8-6-15/h3-4,9H,5-8H2,1-2H3. The van der Waals surface area contributed by atoms with Crippen molar-refractivity contribution in [3.8, 4) is 17.1 Å². The van der Waals surface area contributed by atoms with Gasteiger partial charge in [-0.2, -0.15) is 4.98 Å². The molecular weight excluding hydrogens is 291 g/mol. The van der Waals surface area contributed by atoms with E-state index in [1.54, 1.807) is 13.2 Å². The smallest absolute Gasteiger partial charge is 0.259 e. The zero-order chi connectivity index (χ0) is 15.6.